The van der Waals surface area contributed by atoms with Crippen LogP contribution in [0.2, 0.25) is 0 Å². The van der Waals surface area contributed by atoms with Gasteiger partial charge in [-0.1, -0.05) is 36.4 Å². The summed E-state index contributed by atoms with van der Waals surface area (Å²) < 4.78 is 0. The Labute approximate surface area is 128 Å². The molecule has 2 N–H and O–H groups in total. The molecule has 2 amide bonds. The van der Waals surface area contributed by atoms with Crippen LogP contribution in [-0.2, 0) is 16.1 Å². The molecule has 0 atom stereocenters. The van der Waals surface area contributed by atoms with Crippen molar-refractivity contribution in [2.45, 2.75) is 13.5 Å². The average molecular weight is 293 g/mol. The zero-order valence-corrected chi connectivity index (χ0v) is 12.1. The highest BCUT2D eigenvalue weighted by Gasteiger charge is 2.21. The molecule has 22 heavy (non-hydrogen) atoms. The molecule has 110 valence electrons. The number of carbonyl (C=O) groups excluding carboxylic acids is 2. The van der Waals surface area contributed by atoms with Crippen molar-refractivity contribution in [2.24, 2.45) is 4.99 Å². The number of hydrogen-bond donors (Lipinski definition) is 2. The molecule has 1 aliphatic heterocycles. The molecule has 0 unspecified atom stereocenters. The first kappa shape index (κ1) is 14.0. The summed E-state index contributed by atoms with van der Waals surface area (Å²) in [6.07, 6.45) is 0. The lowest BCUT2D eigenvalue weighted by atomic mass is 10.1. The van der Waals surface area contributed by atoms with E-state index in [0.29, 0.717) is 23.5 Å². The van der Waals surface area contributed by atoms with Crippen LogP contribution in [0.1, 0.15) is 18.1 Å². The van der Waals surface area contributed by atoms with Gasteiger partial charge in [0.05, 0.1) is 11.4 Å². The molecule has 0 spiro atoms. The number of fused-ring (bicyclic) bond motifs is 1. The Morgan fingerprint density at radius 1 is 1.14 bits per heavy atom. The summed E-state index contributed by atoms with van der Waals surface area (Å²) in [4.78, 5) is 28.2. The smallest absolute Gasteiger partial charge is 0.270 e. The third-order valence-corrected chi connectivity index (χ3v) is 3.37. The fourth-order valence-corrected chi connectivity index (χ4v) is 2.37. The Balaban J connectivity index is 2.12. The third-order valence-electron chi connectivity index (χ3n) is 3.37. The van der Waals surface area contributed by atoms with Crippen molar-refractivity contribution in [2.75, 3.05) is 5.32 Å². The standard InChI is InChI=1S/C17H15N3O2/c1-11(21)19-15-9-5-3-7-13(15)16-17(22)18-10-12-6-2-4-8-14(12)20-16/h2-9H,10H2,1H3,(H,18,22)(H,19,21). The zero-order valence-electron chi connectivity index (χ0n) is 12.1. The van der Waals surface area contributed by atoms with Gasteiger partial charge in [0.2, 0.25) is 5.91 Å². The Kier molecular flexibility index (Phi) is 3.70. The van der Waals surface area contributed by atoms with Crippen LogP contribution in [0.5, 0.6) is 0 Å². The minimum atomic E-state index is -0.256. The van der Waals surface area contributed by atoms with E-state index in [1.807, 2.05) is 30.3 Å². The number of benzene rings is 2. The van der Waals surface area contributed by atoms with Crippen molar-refractivity contribution in [3.63, 3.8) is 0 Å². The van der Waals surface area contributed by atoms with Gasteiger partial charge < -0.3 is 10.6 Å². The van der Waals surface area contributed by atoms with Crippen LogP contribution in [0, 0.1) is 0 Å². The largest absolute Gasteiger partial charge is 0.347 e. The maximum absolute atomic E-state index is 12.4. The summed E-state index contributed by atoms with van der Waals surface area (Å²) >= 11 is 0. The number of anilines is 1. The Hall–Kier alpha value is -2.95. The fourth-order valence-electron chi connectivity index (χ4n) is 2.37. The van der Waals surface area contributed by atoms with Crippen LogP contribution in [0.4, 0.5) is 11.4 Å². The number of hydrogen-bond acceptors (Lipinski definition) is 3. The summed E-state index contributed by atoms with van der Waals surface area (Å²) in [6.45, 7) is 1.87. The molecule has 1 aliphatic rings. The topological polar surface area (TPSA) is 70.6 Å². The van der Waals surface area contributed by atoms with Crippen molar-refractivity contribution in [3.05, 3.63) is 59.7 Å². The second-order valence-electron chi connectivity index (χ2n) is 5.00. The second kappa shape index (κ2) is 5.81. The van der Waals surface area contributed by atoms with Crippen LogP contribution in [-0.4, -0.2) is 17.5 Å². The lowest BCUT2D eigenvalue weighted by Crippen LogP contribution is -2.30. The van der Waals surface area contributed by atoms with Crippen LogP contribution in [0.15, 0.2) is 53.5 Å². The van der Waals surface area contributed by atoms with Crippen LogP contribution < -0.4 is 10.6 Å². The molecule has 5 nitrogen and oxygen atoms in total. The van der Waals surface area contributed by atoms with Gasteiger partial charge in [0, 0.05) is 19.0 Å². The highest BCUT2D eigenvalue weighted by molar-refractivity contribution is 6.47. The number of rotatable bonds is 2. The Bertz CT molecular complexity index is 781. The molecule has 0 bridgehead atoms. The van der Waals surface area contributed by atoms with Crippen molar-refractivity contribution < 1.29 is 9.59 Å². The fraction of sp³-hybridized carbons (Fsp3) is 0.118. The van der Waals surface area contributed by atoms with E-state index in [4.69, 9.17) is 0 Å². The molecule has 3 rings (SSSR count). The number of amides is 2. The first-order valence-corrected chi connectivity index (χ1v) is 6.97. The van der Waals surface area contributed by atoms with Gasteiger partial charge >= 0.3 is 0 Å². The van der Waals surface area contributed by atoms with Crippen molar-refractivity contribution in [1.29, 1.82) is 0 Å². The number of nitrogens with one attached hydrogen (secondary N) is 2. The molecular formula is C17H15N3O2. The van der Waals surface area contributed by atoms with E-state index in [2.05, 4.69) is 15.6 Å². The molecule has 0 aliphatic carbocycles. The van der Waals surface area contributed by atoms with Gasteiger partial charge in [0.1, 0.15) is 5.71 Å². The van der Waals surface area contributed by atoms with E-state index in [1.54, 1.807) is 18.2 Å². The van der Waals surface area contributed by atoms with Gasteiger partial charge in [-0.25, -0.2) is 4.99 Å². The molecule has 5 heteroatoms. The Morgan fingerprint density at radius 3 is 2.68 bits per heavy atom. The first-order chi connectivity index (χ1) is 10.6. The monoisotopic (exact) mass is 293 g/mol. The van der Waals surface area contributed by atoms with E-state index in [0.717, 1.165) is 11.3 Å². The number of para-hydroxylation sites is 2. The normalized spacial score (nSPS) is 13.5. The first-order valence-electron chi connectivity index (χ1n) is 6.97. The van der Waals surface area contributed by atoms with Gasteiger partial charge in [-0.05, 0) is 17.7 Å². The lowest BCUT2D eigenvalue weighted by molar-refractivity contribution is -0.115. The van der Waals surface area contributed by atoms with Crippen LogP contribution in [0.3, 0.4) is 0 Å². The maximum Gasteiger partial charge on any atom is 0.270 e. The molecule has 0 saturated carbocycles. The van der Waals surface area contributed by atoms with E-state index < -0.39 is 0 Å². The van der Waals surface area contributed by atoms with Gasteiger partial charge in [0.25, 0.3) is 5.91 Å². The average Bonchev–Trinajstić information content (AvgIpc) is 2.67. The summed E-state index contributed by atoms with van der Waals surface area (Å²) in [5, 5.41) is 5.58. The molecule has 0 radical (unpaired) electrons. The van der Waals surface area contributed by atoms with Gasteiger partial charge in [-0.3, -0.25) is 9.59 Å². The summed E-state index contributed by atoms with van der Waals surface area (Å²) in [5.41, 5.74) is 3.20. The van der Waals surface area contributed by atoms with E-state index in [-0.39, 0.29) is 11.8 Å². The SMILES string of the molecule is CC(=O)Nc1ccccc1C1=Nc2ccccc2CNC1=O. The number of carbonyl (C=O) groups is 2. The molecule has 2 aromatic rings. The zero-order chi connectivity index (χ0) is 15.5. The highest BCUT2D eigenvalue weighted by atomic mass is 16.2. The van der Waals surface area contributed by atoms with E-state index in [1.165, 1.54) is 6.92 Å². The minimum absolute atomic E-state index is 0.192. The van der Waals surface area contributed by atoms with Gasteiger partial charge in [-0.2, -0.15) is 0 Å². The predicted octanol–water partition coefficient (Wildman–Crippen LogP) is 2.40. The third kappa shape index (κ3) is 2.74. The minimum Gasteiger partial charge on any atom is -0.347 e. The summed E-state index contributed by atoms with van der Waals surface area (Å²) in [6, 6.07) is 14.7. The molecule has 0 fully saturated rings. The number of nitrogens with zero attached hydrogens (tertiary/aromatic N) is 1. The van der Waals surface area contributed by atoms with Crippen LogP contribution >= 0.6 is 0 Å². The van der Waals surface area contributed by atoms with E-state index in [9.17, 15) is 9.59 Å². The van der Waals surface area contributed by atoms with Crippen LogP contribution in [0.25, 0.3) is 0 Å². The summed E-state index contributed by atoms with van der Waals surface area (Å²) in [5.74, 6) is -0.448. The molecule has 2 aromatic carbocycles. The summed E-state index contributed by atoms with van der Waals surface area (Å²) in [7, 11) is 0. The van der Waals surface area contributed by atoms with Crippen molar-refractivity contribution in [1.82, 2.24) is 5.32 Å². The second-order valence-corrected chi connectivity index (χ2v) is 5.00. The Morgan fingerprint density at radius 2 is 1.86 bits per heavy atom. The van der Waals surface area contributed by atoms with Gasteiger partial charge in [0.15, 0.2) is 0 Å². The maximum atomic E-state index is 12.4. The predicted molar refractivity (Wildman–Crippen MR) is 85.2 cm³/mol. The van der Waals surface area contributed by atoms with Gasteiger partial charge in [-0.15, -0.1) is 0 Å². The molecule has 0 saturated heterocycles. The van der Waals surface area contributed by atoms with E-state index >= 15 is 0 Å². The number of aliphatic imine (C=N–C) groups is 1. The molecular weight excluding hydrogens is 278 g/mol. The van der Waals surface area contributed by atoms with Crippen molar-refractivity contribution >= 4 is 28.9 Å². The molecule has 0 aromatic heterocycles. The highest BCUT2D eigenvalue weighted by Crippen LogP contribution is 2.25. The lowest BCUT2D eigenvalue weighted by Gasteiger charge is -2.10. The van der Waals surface area contributed by atoms with Crippen molar-refractivity contribution in [3.8, 4) is 0 Å². The molecule has 1 heterocycles. The quantitative estimate of drug-likeness (QED) is 0.892.